The molecule has 1 aliphatic heterocycles. The fourth-order valence-electron chi connectivity index (χ4n) is 1.51. The largest absolute Gasteiger partial charge is 0.461 e. The van der Waals surface area contributed by atoms with E-state index in [1.165, 1.54) is 0 Å². The van der Waals surface area contributed by atoms with Gasteiger partial charge in [-0.2, -0.15) is 5.10 Å². The molecule has 5 nitrogen and oxygen atoms in total. The van der Waals surface area contributed by atoms with Crippen molar-refractivity contribution < 1.29 is 14.3 Å². The van der Waals surface area contributed by atoms with Crippen LogP contribution in [0, 0.1) is 0 Å². The van der Waals surface area contributed by atoms with E-state index in [-0.39, 0.29) is 5.97 Å². The van der Waals surface area contributed by atoms with Gasteiger partial charge in [0.1, 0.15) is 0 Å². The van der Waals surface area contributed by atoms with Gasteiger partial charge in [0.25, 0.3) is 0 Å². The number of aromatic nitrogens is 2. The van der Waals surface area contributed by atoms with Crippen LogP contribution in [-0.2, 0) is 22.5 Å². The molecule has 0 atom stereocenters. The first kappa shape index (κ1) is 9.21. The lowest BCUT2D eigenvalue weighted by molar-refractivity contribution is 0.0516. The molecule has 0 saturated carbocycles. The average Bonchev–Trinajstić information content (AvgIpc) is 2.61. The SMILES string of the molecule is CCOC(=O)c1n[nH]c2c1CCOC2. The Labute approximate surface area is 81.4 Å². The molecule has 2 rings (SSSR count). The maximum atomic E-state index is 11.4. The zero-order valence-electron chi connectivity index (χ0n) is 8.00. The molecule has 5 heteroatoms. The van der Waals surface area contributed by atoms with Gasteiger partial charge in [-0.25, -0.2) is 4.79 Å². The second kappa shape index (κ2) is 3.79. The first-order valence-electron chi connectivity index (χ1n) is 4.64. The lowest BCUT2D eigenvalue weighted by Crippen LogP contribution is -2.13. The van der Waals surface area contributed by atoms with Crippen LogP contribution in [0.5, 0.6) is 0 Å². The van der Waals surface area contributed by atoms with E-state index in [0.29, 0.717) is 25.5 Å². The lowest BCUT2D eigenvalue weighted by atomic mass is 10.1. The highest BCUT2D eigenvalue weighted by molar-refractivity contribution is 5.89. The molecule has 1 aromatic heterocycles. The molecule has 1 aromatic rings. The van der Waals surface area contributed by atoms with Crippen LogP contribution in [0.1, 0.15) is 28.7 Å². The first-order chi connectivity index (χ1) is 6.83. The summed E-state index contributed by atoms with van der Waals surface area (Å²) >= 11 is 0. The number of carbonyl (C=O) groups is 1. The molecular formula is C9H12N2O3. The first-order valence-corrected chi connectivity index (χ1v) is 4.64. The van der Waals surface area contributed by atoms with Crippen LogP contribution in [0.4, 0.5) is 0 Å². The van der Waals surface area contributed by atoms with Gasteiger partial charge in [-0.05, 0) is 6.92 Å². The number of rotatable bonds is 2. The molecule has 1 aliphatic rings. The van der Waals surface area contributed by atoms with E-state index < -0.39 is 0 Å². The normalized spacial score (nSPS) is 14.9. The smallest absolute Gasteiger partial charge is 0.359 e. The van der Waals surface area contributed by atoms with Crippen LogP contribution < -0.4 is 0 Å². The van der Waals surface area contributed by atoms with E-state index in [1.54, 1.807) is 6.92 Å². The molecule has 0 unspecified atom stereocenters. The standard InChI is InChI=1S/C9H12N2O3/c1-2-14-9(12)8-6-3-4-13-5-7(6)10-11-8/h2-5H2,1H3,(H,10,11). The van der Waals surface area contributed by atoms with Crippen molar-refractivity contribution >= 4 is 5.97 Å². The van der Waals surface area contributed by atoms with E-state index >= 15 is 0 Å². The number of aromatic amines is 1. The lowest BCUT2D eigenvalue weighted by Gasteiger charge is -2.11. The van der Waals surface area contributed by atoms with Crippen molar-refractivity contribution in [3.05, 3.63) is 17.0 Å². The Kier molecular flexibility index (Phi) is 2.49. The van der Waals surface area contributed by atoms with E-state index in [4.69, 9.17) is 9.47 Å². The quantitative estimate of drug-likeness (QED) is 0.706. The van der Waals surface area contributed by atoms with Gasteiger partial charge in [0, 0.05) is 12.0 Å². The molecule has 0 aliphatic carbocycles. The van der Waals surface area contributed by atoms with Gasteiger partial charge >= 0.3 is 5.97 Å². The minimum absolute atomic E-state index is 0.355. The fourth-order valence-corrected chi connectivity index (χ4v) is 1.51. The zero-order valence-corrected chi connectivity index (χ0v) is 8.00. The molecule has 1 N–H and O–H groups in total. The van der Waals surface area contributed by atoms with Crippen molar-refractivity contribution in [1.29, 1.82) is 0 Å². The highest BCUT2D eigenvalue weighted by Crippen LogP contribution is 2.18. The highest BCUT2D eigenvalue weighted by Gasteiger charge is 2.22. The predicted molar refractivity (Wildman–Crippen MR) is 47.9 cm³/mol. The molecule has 0 bridgehead atoms. The molecule has 0 amide bonds. The Morgan fingerprint density at radius 1 is 1.71 bits per heavy atom. The zero-order chi connectivity index (χ0) is 9.97. The second-order valence-electron chi connectivity index (χ2n) is 3.05. The third kappa shape index (κ3) is 1.50. The van der Waals surface area contributed by atoms with Crippen molar-refractivity contribution in [2.75, 3.05) is 13.2 Å². The maximum absolute atomic E-state index is 11.4. The number of fused-ring (bicyclic) bond motifs is 1. The van der Waals surface area contributed by atoms with Gasteiger partial charge in [0.2, 0.25) is 0 Å². The molecule has 0 fully saturated rings. The second-order valence-corrected chi connectivity index (χ2v) is 3.05. The molecule has 0 aromatic carbocycles. The Morgan fingerprint density at radius 3 is 3.36 bits per heavy atom. The minimum Gasteiger partial charge on any atom is -0.461 e. The summed E-state index contributed by atoms with van der Waals surface area (Å²) in [5, 5.41) is 6.73. The van der Waals surface area contributed by atoms with E-state index in [0.717, 1.165) is 17.7 Å². The van der Waals surface area contributed by atoms with Crippen molar-refractivity contribution in [3.63, 3.8) is 0 Å². The third-order valence-electron chi connectivity index (χ3n) is 2.16. The van der Waals surface area contributed by atoms with Gasteiger partial charge in [-0.15, -0.1) is 0 Å². The number of nitrogens with one attached hydrogen (secondary N) is 1. The number of esters is 1. The third-order valence-corrected chi connectivity index (χ3v) is 2.16. The fraction of sp³-hybridized carbons (Fsp3) is 0.556. The number of hydrogen-bond donors (Lipinski definition) is 1. The van der Waals surface area contributed by atoms with Crippen LogP contribution in [-0.4, -0.2) is 29.4 Å². The summed E-state index contributed by atoms with van der Waals surface area (Å²) in [6.45, 7) is 3.29. The van der Waals surface area contributed by atoms with Crippen LogP contribution in [0.15, 0.2) is 0 Å². The Morgan fingerprint density at radius 2 is 2.57 bits per heavy atom. The van der Waals surface area contributed by atoms with Crippen LogP contribution in [0.25, 0.3) is 0 Å². The van der Waals surface area contributed by atoms with E-state index in [1.807, 2.05) is 0 Å². The van der Waals surface area contributed by atoms with Crippen molar-refractivity contribution in [3.8, 4) is 0 Å². The van der Waals surface area contributed by atoms with Gasteiger partial charge in [0.05, 0.1) is 25.5 Å². The average molecular weight is 196 g/mol. The molecule has 76 valence electrons. The minimum atomic E-state index is -0.355. The van der Waals surface area contributed by atoms with Crippen LogP contribution in [0.3, 0.4) is 0 Å². The summed E-state index contributed by atoms with van der Waals surface area (Å²) in [6, 6.07) is 0. The van der Waals surface area contributed by atoms with Crippen molar-refractivity contribution in [1.82, 2.24) is 10.2 Å². The van der Waals surface area contributed by atoms with E-state index in [2.05, 4.69) is 10.2 Å². The topological polar surface area (TPSA) is 64.2 Å². The molecule has 2 heterocycles. The van der Waals surface area contributed by atoms with E-state index in [9.17, 15) is 4.79 Å². The number of carbonyl (C=O) groups excluding carboxylic acids is 1. The number of H-pyrrole nitrogens is 1. The summed E-state index contributed by atoms with van der Waals surface area (Å²) in [6.07, 6.45) is 0.722. The summed E-state index contributed by atoms with van der Waals surface area (Å²) in [5.41, 5.74) is 2.24. The monoisotopic (exact) mass is 196 g/mol. The Balaban J connectivity index is 2.25. The van der Waals surface area contributed by atoms with Crippen LogP contribution in [0.2, 0.25) is 0 Å². The number of nitrogens with zero attached hydrogens (tertiary/aromatic N) is 1. The molecule has 0 spiro atoms. The number of ether oxygens (including phenoxy) is 2. The van der Waals surface area contributed by atoms with Gasteiger partial charge in [-0.3, -0.25) is 5.10 Å². The molecule has 0 saturated heterocycles. The summed E-state index contributed by atoms with van der Waals surface area (Å²) in [5.74, 6) is -0.355. The van der Waals surface area contributed by atoms with Crippen LogP contribution >= 0.6 is 0 Å². The molecular weight excluding hydrogens is 184 g/mol. The van der Waals surface area contributed by atoms with Gasteiger partial charge < -0.3 is 9.47 Å². The molecule has 0 radical (unpaired) electrons. The van der Waals surface area contributed by atoms with Crippen molar-refractivity contribution in [2.24, 2.45) is 0 Å². The maximum Gasteiger partial charge on any atom is 0.359 e. The van der Waals surface area contributed by atoms with Gasteiger partial charge in [-0.1, -0.05) is 0 Å². The highest BCUT2D eigenvalue weighted by atomic mass is 16.5. The Bertz CT molecular complexity index is 346. The predicted octanol–water partition coefficient (Wildman–Crippen LogP) is 0.659. The Hall–Kier alpha value is -1.36. The number of hydrogen-bond acceptors (Lipinski definition) is 4. The summed E-state index contributed by atoms with van der Waals surface area (Å²) in [4.78, 5) is 11.4. The summed E-state index contributed by atoms with van der Waals surface area (Å²) in [7, 11) is 0. The van der Waals surface area contributed by atoms with Crippen molar-refractivity contribution in [2.45, 2.75) is 20.0 Å². The van der Waals surface area contributed by atoms with Gasteiger partial charge in [0.15, 0.2) is 5.69 Å². The summed E-state index contributed by atoms with van der Waals surface area (Å²) < 4.78 is 10.1. The molecule has 14 heavy (non-hydrogen) atoms.